The molecule has 4 rings (SSSR count). The van der Waals surface area contributed by atoms with E-state index < -0.39 is 0 Å². The van der Waals surface area contributed by atoms with Gasteiger partial charge in [0.2, 0.25) is 0 Å². The van der Waals surface area contributed by atoms with E-state index in [0.717, 1.165) is 22.4 Å². The number of nitrogens with zero attached hydrogens (tertiary/aromatic N) is 2. The van der Waals surface area contributed by atoms with E-state index in [1.54, 1.807) is 6.07 Å². The van der Waals surface area contributed by atoms with Gasteiger partial charge < -0.3 is 4.57 Å². The highest BCUT2D eigenvalue weighted by Crippen LogP contribution is 2.21. The summed E-state index contributed by atoms with van der Waals surface area (Å²) in [4.78, 5) is 4.72. The second-order valence-corrected chi connectivity index (χ2v) is 6.38. The molecule has 2 nitrogen and oxygen atoms in total. The molecule has 0 aliphatic heterocycles. The van der Waals surface area contributed by atoms with Gasteiger partial charge in [-0.3, -0.25) is 0 Å². The van der Waals surface area contributed by atoms with E-state index in [2.05, 4.69) is 35.8 Å². The average Bonchev–Trinajstić information content (AvgIpc) is 3.01. The summed E-state index contributed by atoms with van der Waals surface area (Å²) in [5, 5.41) is 0. The molecule has 1 heterocycles. The zero-order valence-corrected chi connectivity index (χ0v) is 14.6. The lowest BCUT2D eigenvalue weighted by Gasteiger charge is -2.08. The molecule has 0 fully saturated rings. The lowest BCUT2D eigenvalue weighted by Crippen LogP contribution is -2.04. The standard InChI is InChI=1S/C23H19FN2/c1-17-10-12-18(13-11-17)14-15-23-25-21-8-4-5-9-22(21)26(23)16-19-6-2-3-7-20(19)24/h2-15H,16H2,1H3/b15-14+. The highest BCUT2D eigenvalue weighted by atomic mass is 19.1. The maximum atomic E-state index is 14.2. The van der Waals surface area contributed by atoms with E-state index in [1.165, 1.54) is 11.6 Å². The quantitative estimate of drug-likeness (QED) is 0.465. The van der Waals surface area contributed by atoms with Gasteiger partial charge in [-0.15, -0.1) is 0 Å². The third-order valence-electron chi connectivity index (χ3n) is 4.47. The van der Waals surface area contributed by atoms with Crippen molar-refractivity contribution in [2.75, 3.05) is 0 Å². The van der Waals surface area contributed by atoms with Crippen LogP contribution < -0.4 is 0 Å². The zero-order chi connectivity index (χ0) is 17.9. The van der Waals surface area contributed by atoms with Crippen LogP contribution in [0.25, 0.3) is 23.2 Å². The third-order valence-corrected chi connectivity index (χ3v) is 4.47. The summed E-state index contributed by atoms with van der Waals surface area (Å²) in [6.07, 6.45) is 4.03. The van der Waals surface area contributed by atoms with Crippen LogP contribution in [0, 0.1) is 12.7 Å². The molecule has 0 N–H and O–H groups in total. The van der Waals surface area contributed by atoms with Gasteiger partial charge in [0.1, 0.15) is 11.6 Å². The minimum absolute atomic E-state index is 0.196. The normalized spacial score (nSPS) is 11.5. The molecule has 0 saturated heterocycles. The molecule has 3 aromatic carbocycles. The fourth-order valence-corrected chi connectivity index (χ4v) is 3.03. The van der Waals surface area contributed by atoms with Gasteiger partial charge in [-0.25, -0.2) is 9.37 Å². The number of hydrogen-bond donors (Lipinski definition) is 0. The van der Waals surface area contributed by atoms with Crippen molar-refractivity contribution in [2.24, 2.45) is 0 Å². The summed E-state index contributed by atoms with van der Waals surface area (Å²) in [7, 11) is 0. The lowest BCUT2D eigenvalue weighted by atomic mass is 10.1. The van der Waals surface area contributed by atoms with Gasteiger partial charge in [0.25, 0.3) is 0 Å². The first-order valence-electron chi connectivity index (χ1n) is 8.64. The van der Waals surface area contributed by atoms with Crippen molar-refractivity contribution in [1.29, 1.82) is 0 Å². The number of benzene rings is 3. The number of aromatic nitrogens is 2. The van der Waals surface area contributed by atoms with Crippen molar-refractivity contribution in [2.45, 2.75) is 13.5 Å². The number of rotatable bonds is 4. The molecule has 26 heavy (non-hydrogen) atoms. The predicted molar refractivity (Wildman–Crippen MR) is 105 cm³/mol. The first-order chi connectivity index (χ1) is 12.7. The van der Waals surface area contributed by atoms with Gasteiger partial charge in [-0.05, 0) is 36.8 Å². The largest absolute Gasteiger partial charge is 0.320 e. The molecule has 3 heteroatoms. The Morgan fingerprint density at radius 3 is 2.42 bits per heavy atom. The van der Waals surface area contributed by atoms with Gasteiger partial charge in [0.05, 0.1) is 17.6 Å². The van der Waals surface area contributed by atoms with Gasteiger partial charge in [-0.2, -0.15) is 0 Å². The van der Waals surface area contributed by atoms with Crippen molar-refractivity contribution in [3.63, 3.8) is 0 Å². The SMILES string of the molecule is Cc1ccc(/C=C/c2nc3ccccc3n2Cc2ccccc2F)cc1. The Hall–Kier alpha value is -3.20. The van der Waals surface area contributed by atoms with Crippen LogP contribution >= 0.6 is 0 Å². The van der Waals surface area contributed by atoms with Crippen molar-refractivity contribution in [3.05, 3.63) is 101 Å². The Balaban J connectivity index is 1.76. The number of hydrogen-bond acceptors (Lipinski definition) is 1. The molecule has 4 aromatic rings. The van der Waals surface area contributed by atoms with Gasteiger partial charge >= 0.3 is 0 Å². The fraction of sp³-hybridized carbons (Fsp3) is 0.0870. The molecular formula is C23H19FN2. The van der Waals surface area contributed by atoms with E-state index in [1.807, 2.05) is 48.6 Å². The van der Waals surface area contributed by atoms with Gasteiger partial charge in [-0.1, -0.05) is 66.2 Å². The van der Waals surface area contributed by atoms with Crippen molar-refractivity contribution < 1.29 is 4.39 Å². The molecule has 0 atom stereocenters. The van der Waals surface area contributed by atoms with Crippen LogP contribution in [0.3, 0.4) is 0 Å². The van der Waals surface area contributed by atoms with Crippen LogP contribution in [0.5, 0.6) is 0 Å². The van der Waals surface area contributed by atoms with E-state index in [0.29, 0.717) is 12.1 Å². The molecule has 128 valence electrons. The monoisotopic (exact) mass is 342 g/mol. The number of fused-ring (bicyclic) bond motifs is 1. The molecular weight excluding hydrogens is 323 g/mol. The molecule has 0 aliphatic carbocycles. The van der Waals surface area contributed by atoms with Crippen LogP contribution in [0.4, 0.5) is 4.39 Å². The molecule has 1 aromatic heterocycles. The van der Waals surface area contributed by atoms with Crippen LogP contribution in [-0.4, -0.2) is 9.55 Å². The maximum absolute atomic E-state index is 14.2. The minimum Gasteiger partial charge on any atom is -0.320 e. The van der Waals surface area contributed by atoms with Crippen LogP contribution in [0.2, 0.25) is 0 Å². The highest BCUT2D eigenvalue weighted by Gasteiger charge is 2.10. The van der Waals surface area contributed by atoms with Crippen molar-refractivity contribution >= 4 is 23.2 Å². The van der Waals surface area contributed by atoms with Crippen LogP contribution in [0.1, 0.15) is 22.5 Å². The molecule has 0 unspecified atom stereocenters. The van der Waals surface area contributed by atoms with Crippen molar-refractivity contribution in [3.8, 4) is 0 Å². The summed E-state index contributed by atoms with van der Waals surface area (Å²) in [6, 6.07) is 23.2. The Labute approximate surface area is 152 Å². The zero-order valence-electron chi connectivity index (χ0n) is 14.6. The van der Waals surface area contributed by atoms with Crippen LogP contribution in [-0.2, 0) is 6.54 Å². The minimum atomic E-state index is -0.196. The maximum Gasteiger partial charge on any atom is 0.134 e. The predicted octanol–water partition coefficient (Wildman–Crippen LogP) is 5.70. The first kappa shape index (κ1) is 16.3. The smallest absolute Gasteiger partial charge is 0.134 e. The number of para-hydroxylation sites is 2. The van der Waals surface area contributed by atoms with Crippen molar-refractivity contribution in [1.82, 2.24) is 9.55 Å². The van der Waals surface area contributed by atoms with E-state index in [9.17, 15) is 4.39 Å². The molecule has 0 spiro atoms. The highest BCUT2D eigenvalue weighted by molar-refractivity contribution is 5.80. The summed E-state index contributed by atoms with van der Waals surface area (Å²) in [5.74, 6) is 0.619. The lowest BCUT2D eigenvalue weighted by molar-refractivity contribution is 0.601. The Bertz CT molecular complexity index is 1080. The second kappa shape index (κ2) is 6.96. The first-order valence-corrected chi connectivity index (χ1v) is 8.64. The summed E-state index contributed by atoms with van der Waals surface area (Å²) in [6.45, 7) is 2.52. The summed E-state index contributed by atoms with van der Waals surface area (Å²) < 4.78 is 16.2. The second-order valence-electron chi connectivity index (χ2n) is 6.38. The summed E-state index contributed by atoms with van der Waals surface area (Å²) >= 11 is 0. The number of aryl methyl sites for hydroxylation is 1. The van der Waals surface area contributed by atoms with E-state index in [-0.39, 0.29) is 5.82 Å². The third kappa shape index (κ3) is 3.29. The molecule has 0 saturated carbocycles. The Kier molecular flexibility index (Phi) is 4.36. The Morgan fingerprint density at radius 2 is 1.62 bits per heavy atom. The van der Waals surface area contributed by atoms with Crippen LogP contribution in [0.15, 0.2) is 72.8 Å². The number of halogens is 1. The average molecular weight is 342 g/mol. The van der Waals surface area contributed by atoms with E-state index in [4.69, 9.17) is 4.98 Å². The van der Waals surface area contributed by atoms with Gasteiger partial charge in [0, 0.05) is 5.56 Å². The van der Waals surface area contributed by atoms with E-state index >= 15 is 0 Å². The topological polar surface area (TPSA) is 17.8 Å². The summed E-state index contributed by atoms with van der Waals surface area (Å²) in [5.41, 5.74) is 4.90. The molecule has 0 bridgehead atoms. The van der Waals surface area contributed by atoms with Gasteiger partial charge in [0.15, 0.2) is 0 Å². The molecule has 0 amide bonds. The molecule has 0 radical (unpaired) electrons. The molecule has 0 aliphatic rings. The number of imidazole rings is 1. The fourth-order valence-electron chi connectivity index (χ4n) is 3.03. The Morgan fingerprint density at radius 1 is 0.885 bits per heavy atom.